The van der Waals surface area contributed by atoms with Crippen LogP contribution in [0.25, 0.3) is 11.1 Å². The predicted octanol–water partition coefficient (Wildman–Crippen LogP) is 4.46. The van der Waals surface area contributed by atoms with Gasteiger partial charge in [-0.15, -0.1) is 0 Å². The van der Waals surface area contributed by atoms with Crippen molar-refractivity contribution in [2.75, 3.05) is 0 Å². The van der Waals surface area contributed by atoms with Crippen molar-refractivity contribution in [2.45, 2.75) is 13.8 Å². The van der Waals surface area contributed by atoms with Gasteiger partial charge in [-0.25, -0.2) is 9.18 Å². The van der Waals surface area contributed by atoms with Crippen molar-refractivity contribution in [1.82, 2.24) is 0 Å². The molecule has 0 unspecified atom stereocenters. The molecular weight excluding hydrogens is 267 g/mol. The van der Waals surface area contributed by atoms with Crippen LogP contribution in [0.3, 0.4) is 0 Å². The lowest BCUT2D eigenvalue weighted by molar-refractivity contribution is 0.0693. The molecule has 1 N–H and O–H groups in total. The summed E-state index contributed by atoms with van der Waals surface area (Å²) in [6, 6.07) is 7.77. The molecule has 0 atom stereocenters. The second-order valence-electron chi connectivity index (χ2n) is 4.38. The van der Waals surface area contributed by atoms with Gasteiger partial charge in [0.1, 0.15) is 11.4 Å². The van der Waals surface area contributed by atoms with Crippen molar-refractivity contribution in [3.63, 3.8) is 0 Å². The van der Waals surface area contributed by atoms with E-state index in [2.05, 4.69) is 0 Å². The van der Waals surface area contributed by atoms with Crippen molar-refractivity contribution < 1.29 is 14.3 Å². The fraction of sp³-hybridized carbons (Fsp3) is 0.133. The molecule has 0 amide bonds. The van der Waals surface area contributed by atoms with E-state index in [9.17, 15) is 9.18 Å². The summed E-state index contributed by atoms with van der Waals surface area (Å²) in [5.41, 5.74) is 2.36. The van der Waals surface area contributed by atoms with Crippen LogP contribution in [0.2, 0.25) is 5.02 Å². The molecule has 0 aliphatic carbocycles. The number of carboxylic acid groups (broad SMARTS) is 1. The Morgan fingerprint density at radius 3 is 2.47 bits per heavy atom. The molecule has 0 bridgehead atoms. The van der Waals surface area contributed by atoms with Gasteiger partial charge in [0.15, 0.2) is 0 Å². The minimum absolute atomic E-state index is 0.313. The molecule has 0 aromatic heterocycles. The minimum Gasteiger partial charge on any atom is -0.478 e. The zero-order valence-corrected chi connectivity index (χ0v) is 11.3. The number of benzene rings is 2. The molecule has 4 heteroatoms. The molecule has 0 aliphatic rings. The van der Waals surface area contributed by atoms with Crippen LogP contribution in [0.4, 0.5) is 4.39 Å². The maximum absolute atomic E-state index is 13.7. The molecular formula is C15H12ClFO2. The smallest absolute Gasteiger partial charge is 0.339 e. The van der Waals surface area contributed by atoms with Crippen LogP contribution >= 0.6 is 11.6 Å². The van der Waals surface area contributed by atoms with E-state index in [0.29, 0.717) is 16.1 Å². The highest BCUT2D eigenvalue weighted by Gasteiger charge is 2.18. The lowest BCUT2D eigenvalue weighted by Gasteiger charge is -2.12. The summed E-state index contributed by atoms with van der Waals surface area (Å²) >= 11 is 6.02. The van der Waals surface area contributed by atoms with E-state index in [1.807, 2.05) is 13.8 Å². The molecule has 2 rings (SSSR count). The molecule has 0 heterocycles. The zero-order chi connectivity index (χ0) is 14.2. The number of aromatic carboxylic acids is 1. The van der Waals surface area contributed by atoms with Gasteiger partial charge >= 0.3 is 5.97 Å². The third-order valence-electron chi connectivity index (χ3n) is 3.02. The number of hydrogen-bond acceptors (Lipinski definition) is 1. The summed E-state index contributed by atoms with van der Waals surface area (Å²) in [5, 5.41) is 9.76. The highest BCUT2D eigenvalue weighted by atomic mass is 35.5. The minimum atomic E-state index is -1.28. The van der Waals surface area contributed by atoms with Gasteiger partial charge in [0, 0.05) is 5.02 Å². The molecule has 0 radical (unpaired) electrons. The third kappa shape index (κ3) is 2.47. The van der Waals surface area contributed by atoms with Crippen molar-refractivity contribution in [2.24, 2.45) is 0 Å². The summed E-state index contributed by atoms with van der Waals surface area (Å²) in [4.78, 5) is 11.2. The normalized spacial score (nSPS) is 10.5. The van der Waals surface area contributed by atoms with Crippen LogP contribution < -0.4 is 0 Å². The van der Waals surface area contributed by atoms with E-state index in [1.165, 1.54) is 6.07 Å². The Morgan fingerprint density at radius 2 is 1.84 bits per heavy atom. The van der Waals surface area contributed by atoms with Crippen molar-refractivity contribution >= 4 is 17.6 Å². The Kier molecular flexibility index (Phi) is 3.58. The quantitative estimate of drug-likeness (QED) is 0.880. The van der Waals surface area contributed by atoms with Crippen LogP contribution in [0.5, 0.6) is 0 Å². The summed E-state index contributed by atoms with van der Waals surface area (Å²) in [6.45, 7) is 3.64. The summed E-state index contributed by atoms with van der Waals surface area (Å²) in [7, 11) is 0. The van der Waals surface area contributed by atoms with Gasteiger partial charge in [-0.1, -0.05) is 23.7 Å². The number of carboxylic acids is 1. The monoisotopic (exact) mass is 278 g/mol. The van der Waals surface area contributed by atoms with E-state index in [1.54, 1.807) is 18.2 Å². The van der Waals surface area contributed by atoms with E-state index < -0.39 is 11.8 Å². The fourth-order valence-electron chi connectivity index (χ4n) is 2.04. The van der Waals surface area contributed by atoms with Crippen LogP contribution in [0.1, 0.15) is 21.5 Å². The first-order chi connectivity index (χ1) is 8.91. The van der Waals surface area contributed by atoms with Gasteiger partial charge in [0.2, 0.25) is 0 Å². The second kappa shape index (κ2) is 5.02. The standard InChI is InChI=1S/C15H12ClFO2/c1-8-7-12(16)9(2)6-11(8)10-4-3-5-13(17)14(10)15(18)19/h3-7H,1-2H3,(H,18,19). The van der Waals surface area contributed by atoms with E-state index >= 15 is 0 Å². The molecule has 0 saturated carbocycles. The fourth-order valence-corrected chi connectivity index (χ4v) is 2.26. The average Bonchev–Trinajstić information content (AvgIpc) is 2.33. The molecule has 2 aromatic rings. The molecule has 2 aromatic carbocycles. The Morgan fingerprint density at radius 1 is 1.16 bits per heavy atom. The maximum atomic E-state index is 13.7. The molecule has 19 heavy (non-hydrogen) atoms. The highest BCUT2D eigenvalue weighted by molar-refractivity contribution is 6.31. The Balaban J connectivity index is 2.76. The highest BCUT2D eigenvalue weighted by Crippen LogP contribution is 2.32. The van der Waals surface area contributed by atoms with E-state index in [0.717, 1.165) is 17.2 Å². The average molecular weight is 279 g/mol. The van der Waals surface area contributed by atoms with Gasteiger partial charge in [0.05, 0.1) is 0 Å². The molecule has 0 fully saturated rings. The number of carbonyl (C=O) groups is 1. The Hall–Kier alpha value is -1.87. The van der Waals surface area contributed by atoms with Crippen molar-refractivity contribution in [1.29, 1.82) is 0 Å². The number of aryl methyl sites for hydroxylation is 2. The Bertz CT molecular complexity index is 665. The molecule has 0 aliphatic heterocycles. The van der Waals surface area contributed by atoms with Gasteiger partial charge in [-0.05, 0) is 54.3 Å². The first-order valence-corrected chi connectivity index (χ1v) is 6.08. The Labute approximate surface area is 115 Å². The van der Waals surface area contributed by atoms with Gasteiger partial charge in [0.25, 0.3) is 0 Å². The van der Waals surface area contributed by atoms with Crippen LogP contribution in [-0.4, -0.2) is 11.1 Å². The summed E-state index contributed by atoms with van der Waals surface area (Å²) in [6.07, 6.45) is 0. The molecule has 0 saturated heterocycles. The third-order valence-corrected chi connectivity index (χ3v) is 3.43. The SMILES string of the molecule is Cc1cc(-c2cccc(F)c2C(=O)O)c(C)cc1Cl. The van der Waals surface area contributed by atoms with Crippen LogP contribution in [0, 0.1) is 19.7 Å². The number of hydrogen-bond donors (Lipinski definition) is 1. The number of rotatable bonds is 2. The first-order valence-electron chi connectivity index (χ1n) is 5.70. The number of halogens is 2. The first kappa shape index (κ1) is 13.6. The van der Waals surface area contributed by atoms with Crippen LogP contribution in [-0.2, 0) is 0 Å². The lowest BCUT2D eigenvalue weighted by Crippen LogP contribution is -2.04. The molecule has 2 nitrogen and oxygen atoms in total. The maximum Gasteiger partial charge on any atom is 0.339 e. The van der Waals surface area contributed by atoms with E-state index in [-0.39, 0.29) is 5.56 Å². The van der Waals surface area contributed by atoms with Crippen LogP contribution in [0.15, 0.2) is 30.3 Å². The van der Waals surface area contributed by atoms with Gasteiger partial charge < -0.3 is 5.11 Å². The molecule has 98 valence electrons. The molecule has 0 spiro atoms. The second-order valence-corrected chi connectivity index (χ2v) is 4.79. The van der Waals surface area contributed by atoms with Crippen molar-refractivity contribution in [3.05, 3.63) is 57.9 Å². The van der Waals surface area contributed by atoms with Gasteiger partial charge in [-0.3, -0.25) is 0 Å². The summed E-state index contributed by atoms with van der Waals surface area (Å²) in [5.74, 6) is -2.02. The van der Waals surface area contributed by atoms with E-state index in [4.69, 9.17) is 16.7 Å². The zero-order valence-electron chi connectivity index (χ0n) is 10.5. The summed E-state index contributed by atoms with van der Waals surface area (Å²) < 4.78 is 13.7. The van der Waals surface area contributed by atoms with Gasteiger partial charge in [-0.2, -0.15) is 0 Å². The lowest BCUT2D eigenvalue weighted by atomic mass is 9.94. The van der Waals surface area contributed by atoms with Crippen molar-refractivity contribution in [3.8, 4) is 11.1 Å². The predicted molar refractivity (Wildman–Crippen MR) is 73.3 cm³/mol. The largest absolute Gasteiger partial charge is 0.478 e. The topological polar surface area (TPSA) is 37.3 Å².